The van der Waals surface area contributed by atoms with E-state index in [1.54, 1.807) is 60.7 Å². The molecule has 136 heavy (non-hydrogen) atoms. The summed E-state index contributed by atoms with van der Waals surface area (Å²) in [6.45, 7) is 20.7. The second kappa shape index (κ2) is 39.2. The molecule has 8 aliphatic rings. The van der Waals surface area contributed by atoms with Crippen LogP contribution in [0.5, 0.6) is 23.0 Å². The van der Waals surface area contributed by atoms with Crippen LogP contribution in [-0.2, 0) is 66.5 Å². The molecule has 4 atom stereocenters. The number of hydrogen-bond acceptors (Lipinski definition) is 30. The van der Waals surface area contributed by atoms with E-state index in [1.165, 1.54) is 22.3 Å². The third-order valence-corrected chi connectivity index (χ3v) is 26.9. The first-order valence-corrected chi connectivity index (χ1v) is 46.1. The van der Waals surface area contributed by atoms with Gasteiger partial charge in [0.15, 0.2) is 0 Å². The quantitative estimate of drug-likeness (QED) is 0.0408. The number of benzene rings is 8. The molecule has 20 rings (SSSR count). The smallest absolute Gasteiger partial charge is 0.258 e. The van der Waals surface area contributed by atoms with Gasteiger partial charge in [0.2, 0.25) is 46.9 Å². The lowest BCUT2D eigenvalue weighted by atomic mass is 9.80. The fourth-order valence-corrected chi connectivity index (χ4v) is 20.8. The van der Waals surface area contributed by atoms with Gasteiger partial charge in [0.05, 0.1) is 97.0 Å². The lowest BCUT2D eigenvalue weighted by Gasteiger charge is -2.25. The minimum Gasteiger partial charge on any atom is -0.490 e. The Morgan fingerprint density at radius 2 is 0.632 bits per heavy atom. The Bertz CT molecular complexity index is 6360. The number of carbonyl (C=O) groups excluding carboxylic acids is 4. The zero-order valence-corrected chi connectivity index (χ0v) is 77.0. The molecule has 4 spiro atoms. The molecule has 4 aromatic heterocycles. The van der Waals surface area contributed by atoms with E-state index in [-0.39, 0.29) is 123 Å². The third kappa shape index (κ3) is 18.0. The highest BCUT2D eigenvalue weighted by Crippen LogP contribution is 2.54. The molecule has 4 aliphatic heterocycles. The van der Waals surface area contributed by atoms with Crippen molar-refractivity contribution in [2.45, 2.75) is 179 Å². The highest BCUT2D eigenvalue weighted by atomic mass is 16.5. The van der Waals surface area contributed by atoms with Gasteiger partial charge in [-0.15, -0.1) is 0 Å². The van der Waals surface area contributed by atoms with Gasteiger partial charge < -0.3 is 67.3 Å². The minimum absolute atomic E-state index is 0.00826. The summed E-state index contributed by atoms with van der Waals surface area (Å²) in [6.07, 6.45) is 8.67. The van der Waals surface area contributed by atoms with Crippen LogP contribution in [0.25, 0.3) is 91.4 Å². The molecule has 8 heterocycles. The van der Waals surface area contributed by atoms with Crippen LogP contribution in [-0.4, -0.2) is 207 Å². The molecule has 696 valence electrons. The number of aromatic nitrogens is 8. The van der Waals surface area contributed by atoms with Gasteiger partial charge >= 0.3 is 0 Å². The van der Waals surface area contributed by atoms with Gasteiger partial charge in [-0.25, -0.2) is 0 Å². The van der Waals surface area contributed by atoms with Crippen LogP contribution in [0.2, 0.25) is 0 Å². The molecule has 0 saturated carbocycles. The Kier molecular flexibility index (Phi) is 26.9. The summed E-state index contributed by atoms with van der Waals surface area (Å²) in [6, 6.07) is 53.5. The Labute approximate surface area is 785 Å². The van der Waals surface area contributed by atoms with Crippen LogP contribution in [0.1, 0.15) is 174 Å². The van der Waals surface area contributed by atoms with E-state index in [0.717, 1.165) is 132 Å². The number of β-amino-alcohol motifs (C(OH)–C–C–N with tert-alkyl or cyclic N) is 4. The van der Waals surface area contributed by atoms with E-state index >= 15 is 0 Å². The number of ether oxygens (including phenoxy) is 4. The monoisotopic (exact) mass is 1830 g/mol. The topological polar surface area (TPSA) is 450 Å². The first-order chi connectivity index (χ1) is 65.8. The minimum atomic E-state index is -0.905. The predicted molar refractivity (Wildman–Crippen MR) is 496 cm³/mol. The van der Waals surface area contributed by atoms with Crippen molar-refractivity contribution in [2.24, 2.45) is 0 Å². The van der Waals surface area contributed by atoms with Crippen molar-refractivity contribution in [2.75, 3.05) is 78.8 Å². The van der Waals surface area contributed by atoms with Crippen molar-refractivity contribution in [1.29, 1.82) is 21.0 Å². The Balaban J connectivity index is 0.000000126. The first-order valence-electron chi connectivity index (χ1n) is 46.1. The number of rotatable bonds is 24. The van der Waals surface area contributed by atoms with E-state index in [1.807, 2.05) is 104 Å². The molecule has 8 aromatic carbocycles. The van der Waals surface area contributed by atoms with E-state index in [9.17, 15) is 60.7 Å². The number of nitriles is 4. The van der Waals surface area contributed by atoms with Crippen LogP contribution < -0.4 is 18.9 Å². The average molecular weight is 1830 g/mol. The van der Waals surface area contributed by atoms with Gasteiger partial charge in [0, 0.05) is 94.4 Å². The summed E-state index contributed by atoms with van der Waals surface area (Å²) >= 11 is 0. The molecule has 0 unspecified atom stereocenters. The maximum absolute atomic E-state index is 13.2. The van der Waals surface area contributed by atoms with Gasteiger partial charge in [0.25, 0.3) is 23.6 Å². The van der Waals surface area contributed by atoms with Gasteiger partial charge in [0.1, 0.15) is 47.3 Å². The van der Waals surface area contributed by atoms with Crippen LogP contribution in [0, 0.1) is 45.3 Å². The van der Waals surface area contributed by atoms with Gasteiger partial charge in [-0.3, -0.25) is 29.0 Å². The molecular formula is C104H104N16O16. The van der Waals surface area contributed by atoms with Crippen molar-refractivity contribution >= 4 is 23.6 Å². The third-order valence-electron chi connectivity index (χ3n) is 26.9. The highest BCUT2D eigenvalue weighted by Gasteiger charge is 2.58. The number of nitrogens with zero attached hydrogens (tertiary/aromatic N) is 16. The average Bonchev–Trinajstić information content (AvgIpc) is 1.56. The number of carbonyl (C=O) groups is 4. The summed E-state index contributed by atoms with van der Waals surface area (Å²) in [5, 5.41) is 92.2. The molecule has 0 radical (unpaired) electrons. The fourth-order valence-electron chi connectivity index (χ4n) is 20.8. The van der Waals surface area contributed by atoms with Crippen LogP contribution in [0.15, 0.2) is 164 Å². The number of amides is 4. The van der Waals surface area contributed by atoms with Crippen LogP contribution in [0.4, 0.5) is 0 Å². The molecular weight excluding hydrogens is 1730 g/mol. The normalized spacial score (nSPS) is 19.4. The molecule has 4 saturated heterocycles. The molecule has 0 bridgehead atoms. The SMILES string of the molecule is CC(C)Oc1ccc(-c2nc(-c3cccc4c3CC[C@@]43CC(=O)N(CCO)C3=O)no2)cc1C#N.CC(C)Oc1ccc(-c2nc(-c3cccc4c3CC[C@@]43CCN(CCO)C3)no2)cc1C#N.CC(C)Oc1ccc(-c2nc(-c3cccc4c3CC[C@]43CC(=O)N(CCO)C3=O)no2)cc1C#N.CC(C)Oc1ccc(-c2nc(-c3cccc4c3CC[C@]43CCN(CCO)C3)no2)cc1C#N. The second-order valence-electron chi connectivity index (χ2n) is 36.7. The fraction of sp³-hybridized carbons (Fsp3) is 0.385. The van der Waals surface area contributed by atoms with Crippen molar-refractivity contribution in [3.05, 3.63) is 212 Å². The number of likely N-dealkylation sites (tertiary alicyclic amines) is 4. The highest BCUT2D eigenvalue weighted by molar-refractivity contribution is 6.11. The first kappa shape index (κ1) is 93.3. The van der Waals surface area contributed by atoms with Crippen molar-refractivity contribution < 1.29 is 76.6 Å². The van der Waals surface area contributed by atoms with E-state index in [0.29, 0.717) is 128 Å². The van der Waals surface area contributed by atoms with Crippen molar-refractivity contribution in [3.8, 4) is 139 Å². The Hall–Kier alpha value is -14.5. The lowest BCUT2D eigenvalue weighted by molar-refractivity contribution is -0.142. The number of fused-ring (bicyclic) bond motifs is 8. The number of aliphatic hydroxyl groups is 4. The Morgan fingerprint density at radius 3 is 0.904 bits per heavy atom. The number of imide groups is 2. The van der Waals surface area contributed by atoms with Gasteiger partial charge in [-0.2, -0.15) is 41.0 Å². The molecule has 32 heteroatoms. The zero-order chi connectivity index (χ0) is 95.5. The van der Waals surface area contributed by atoms with Crippen LogP contribution >= 0.6 is 0 Å². The molecule has 4 N–H and O–H groups in total. The van der Waals surface area contributed by atoms with E-state index < -0.39 is 10.8 Å². The van der Waals surface area contributed by atoms with E-state index in [2.05, 4.69) is 111 Å². The standard InChI is InChI=1S/2C26H24N4O5.2C26H28N4O3/c2*1-15(2)34-21-7-6-16(12-17(21)14-27)24-28-23(29-35-24)19-4-3-5-20-18(19)8-9-26(20)13-22(32)30(10-11-31)25(26)33;2*1-17(2)32-23-7-6-18(14-19(23)15-27)25-28-24(29-33-25)21-4-3-5-22-20(21)8-9-26(22)10-11-30(16-26)12-13-31/h2*3-7,12,15,31H,8-11,13H2,1-2H3;2*3-7,14,17,31H,8-13,16H2,1-2H3/t4*26-/m1010/s1. The van der Waals surface area contributed by atoms with E-state index in [4.69, 9.17) is 37.0 Å². The van der Waals surface area contributed by atoms with Crippen molar-refractivity contribution in [3.63, 3.8) is 0 Å². The largest absolute Gasteiger partial charge is 0.490 e. The summed E-state index contributed by atoms with van der Waals surface area (Å²) in [7, 11) is 0. The van der Waals surface area contributed by atoms with Gasteiger partial charge in [-0.05, 0) is 250 Å². The molecule has 4 fully saturated rings. The maximum Gasteiger partial charge on any atom is 0.258 e. The van der Waals surface area contributed by atoms with Crippen molar-refractivity contribution in [1.82, 2.24) is 60.2 Å². The predicted octanol–water partition coefficient (Wildman–Crippen LogP) is 13.9. The maximum atomic E-state index is 13.2. The molecule has 32 nitrogen and oxygen atoms in total. The molecule has 12 aromatic rings. The molecule has 4 aliphatic carbocycles. The lowest BCUT2D eigenvalue weighted by Crippen LogP contribution is -2.38. The summed E-state index contributed by atoms with van der Waals surface area (Å²) < 4.78 is 45.0. The number of aliphatic hydroxyl groups excluding tert-OH is 4. The summed E-state index contributed by atoms with van der Waals surface area (Å²) in [5.41, 5.74) is 15.0. The molecule has 4 amide bonds. The zero-order valence-electron chi connectivity index (χ0n) is 77.0. The van der Waals surface area contributed by atoms with Crippen LogP contribution in [0.3, 0.4) is 0 Å². The van der Waals surface area contributed by atoms with Gasteiger partial charge in [-0.1, -0.05) is 93.4 Å². The second-order valence-corrected chi connectivity index (χ2v) is 36.7. The summed E-state index contributed by atoms with van der Waals surface area (Å²) in [4.78, 5) is 76.9. The Morgan fingerprint density at radius 1 is 0.360 bits per heavy atom. The summed E-state index contributed by atoms with van der Waals surface area (Å²) in [5.74, 6) is 4.24. The number of hydrogen-bond donors (Lipinski definition) is 4.